The lowest BCUT2D eigenvalue weighted by atomic mass is 10.1. The van der Waals surface area contributed by atoms with Crippen LogP contribution >= 0.6 is 23.2 Å². The number of amides is 1. The molecule has 0 saturated heterocycles. The van der Waals surface area contributed by atoms with Gasteiger partial charge in [0.2, 0.25) is 5.91 Å². The van der Waals surface area contributed by atoms with Gasteiger partial charge in [-0.3, -0.25) is 4.79 Å². The van der Waals surface area contributed by atoms with E-state index in [2.05, 4.69) is 5.32 Å². The predicted molar refractivity (Wildman–Crippen MR) is 71.5 cm³/mol. The second kappa shape index (κ2) is 6.60. The van der Waals surface area contributed by atoms with Crippen LogP contribution in [0, 0.1) is 11.3 Å². The lowest BCUT2D eigenvalue weighted by Crippen LogP contribution is -2.35. The van der Waals surface area contributed by atoms with E-state index >= 15 is 0 Å². The molecule has 0 saturated carbocycles. The van der Waals surface area contributed by atoms with E-state index in [4.69, 9.17) is 28.5 Å². The summed E-state index contributed by atoms with van der Waals surface area (Å²) in [5.41, 5.74) is 0.499. The number of halogens is 2. The third kappa shape index (κ3) is 3.88. The molecular formula is C12H13Cl2N3O. The van der Waals surface area contributed by atoms with Crippen molar-refractivity contribution in [3.63, 3.8) is 0 Å². The van der Waals surface area contributed by atoms with Crippen LogP contribution in [0.1, 0.15) is 11.6 Å². The molecule has 96 valence electrons. The fourth-order valence-corrected chi connectivity index (χ4v) is 1.83. The highest BCUT2D eigenvalue weighted by Gasteiger charge is 2.18. The first-order valence-electron chi connectivity index (χ1n) is 5.23. The average molecular weight is 286 g/mol. The van der Waals surface area contributed by atoms with Gasteiger partial charge in [-0.25, -0.2) is 0 Å². The number of nitriles is 1. The van der Waals surface area contributed by atoms with Crippen LogP contribution in [0.3, 0.4) is 0 Å². The van der Waals surface area contributed by atoms with E-state index in [-0.39, 0.29) is 17.5 Å². The number of rotatable bonds is 4. The standard InChI is InChI=1S/C12H13Cl2N3O/c1-17(2)7-11(18)16-10(6-15)8-4-3-5-9(13)12(8)14/h3-5,10H,7H2,1-2H3,(H,16,18). The van der Waals surface area contributed by atoms with Crippen molar-refractivity contribution in [2.45, 2.75) is 6.04 Å². The lowest BCUT2D eigenvalue weighted by Gasteiger charge is -2.16. The molecule has 1 N–H and O–H groups in total. The Morgan fingerprint density at radius 2 is 2.17 bits per heavy atom. The summed E-state index contributed by atoms with van der Waals surface area (Å²) in [7, 11) is 3.54. The van der Waals surface area contributed by atoms with Crippen molar-refractivity contribution in [1.29, 1.82) is 5.26 Å². The maximum absolute atomic E-state index is 11.6. The Morgan fingerprint density at radius 3 is 2.72 bits per heavy atom. The lowest BCUT2D eigenvalue weighted by molar-refractivity contribution is -0.122. The Morgan fingerprint density at radius 1 is 1.50 bits per heavy atom. The van der Waals surface area contributed by atoms with E-state index in [1.54, 1.807) is 37.2 Å². The number of likely N-dealkylation sites (N-methyl/N-ethyl adjacent to an activating group) is 1. The maximum atomic E-state index is 11.6. The average Bonchev–Trinajstić information content (AvgIpc) is 2.29. The first-order valence-corrected chi connectivity index (χ1v) is 5.99. The molecule has 0 heterocycles. The van der Waals surface area contributed by atoms with Gasteiger partial charge in [-0.05, 0) is 20.2 Å². The summed E-state index contributed by atoms with van der Waals surface area (Å²) >= 11 is 11.9. The summed E-state index contributed by atoms with van der Waals surface area (Å²) in [5.74, 6) is -0.248. The smallest absolute Gasteiger partial charge is 0.235 e. The number of benzene rings is 1. The van der Waals surface area contributed by atoms with Crippen molar-refractivity contribution in [3.05, 3.63) is 33.8 Å². The highest BCUT2D eigenvalue weighted by molar-refractivity contribution is 6.42. The molecule has 0 fully saturated rings. The molecule has 0 radical (unpaired) electrons. The van der Waals surface area contributed by atoms with Gasteiger partial charge in [-0.15, -0.1) is 0 Å². The third-order valence-electron chi connectivity index (χ3n) is 2.19. The quantitative estimate of drug-likeness (QED) is 0.923. The minimum atomic E-state index is -0.802. The molecular weight excluding hydrogens is 273 g/mol. The van der Waals surface area contributed by atoms with Crippen molar-refractivity contribution >= 4 is 29.1 Å². The van der Waals surface area contributed by atoms with Crippen LogP contribution in [0.15, 0.2) is 18.2 Å². The summed E-state index contributed by atoms with van der Waals surface area (Å²) in [4.78, 5) is 13.3. The van der Waals surface area contributed by atoms with Crippen LogP contribution < -0.4 is 5.32 Å². The summed E-state index contributed by atoms with van der Waals surface area (Å²) in [6.07, 6.45) is 0. The Balaban J connectivity index is 2.88. The largest absolute Gasteiger partial charge is 0.335 e. The van der Waals surface area contributed by atoms with Crippen LogP contribution in [-0.2, 0) is 4.79 Å². The van der Waals surface area contributed by atoms with Crippen molar-refractivity contribution in [2.75, 3.05) is 20.6 Å². The first kappa shape index (κ1) is 14.8. The number of carbonyl (C=O) groups is 1. The molecule has 4 nitrogen and oxygen atoms in total. The molecule has 1 rings (SSSR count). The van der Waals surface area contributed by atoms with Crippen molar-refractivity contribution in [1.82, 2.24) is 10.2 Å². The van der Waals surface area contributed by atoms with Crippen LogP contribution in [0.5, 0.6) is 0 Å². The number of nitrogens with one attached hydrogen (secondary N) is 1. The third-order valence-corrected chi connectivity index (χ3v) is 3.02. The van der Waals surface area contributed by atoms with E-state index < -0.39 is 6.04 Å². The minimum Gasteiger partial charge on any atom is -0.335 e. The molecule has 0 aromatic heterocycles. The van der Waals surface area contributed by atoms with Crippen molar-refractivity contribution < 1.29 is 4.79 Å². The summed E-state index contributed by atoms with van der Waals surface area (Å²) in [6, 6.07) is 6.17. The Labute approximate surface area is 116 Å². The maximum Gasteiger partial charge on any atom is 0.235 e. The Kier molecular flexibility index (Phi) is 5.42. The van der Waals surface area contributed by atoms with E-state index in [0.29, 0.717) is 10.6 Å². The van der Waals surface area contributed by atoms with Crippen LogP contribution in [0.2, 0.25) is 10.0 Å². The van der Waals surface area contributed by atoms with Gasteiger partial charge in [0, 0.05) is 5.56 Å². The molecule has 0 bridgehead atoms. The molecule has 0 aliphatic heterocycles. The second-order valence-electron chi connectivity index (χ2n) is 4.01. The zero-order valence-corrected chi connectivity index (χ0v) is 11.6. The monoisotopic (exact) mass is 285 g/mol. The fourth-order valence-electron chi connectivity index (χ4n) is 1.42. The first-order chi connectivity index (χ1) is 8.45. The molecule has 0 aliphatic rings. The number of nitrogens with zero attached hydrogens (tertiary/aromatic N) is 2. The second-order valence-corrected chi connectivity index (χ2v) is 4.80. The van der Waals surface area contributed by atoms with Crippen LogP contribution in [0.25, 0.3) is 0 Å². The van der Waals surface area contributed by atoms with Gasteiger partial charge in [0.05, 0.1) is 22.7 Å². The molecule has 1 aromatic carbocycles. The van der Waals surface area contributed by atoms with Crippen molar-refractivity contribution in [2.24, 2.45) is 0 Å². The minimum absolute atomic E-state index is 0.205. The number of hydrogen-bond donors (Lipinski definition) is 1. The predicted octanol–water partition coefficient (Wildman–Crippen LogP) is 2.24. The summed E-state index contributed by atoms with van der Waals surface area (Å²) < 4.78 is 0. The van der Waals surface area contributed by atoms with Gasteiger partial charge in [0.15, 0.2) is 0 Å². The molecule has 0 aliphatic carbocycles. The van der Waals surface area contributed by atoms with Gasteiger partial charge < -0.3 is 10.2 Å². The van der Waals surface area contributed by atoms with Gasteiger partial charge in [0.25, 0.3) is 0 Å². The number of hydrogen-bond acceptors (Lipinski definition) is 3. The number of carbonyl (C=O) groups excluding carboxylic acids is 1. The van der Waals surface area contributed by atoms with E-state index in [1.807, 2.05) is 6.07 Å². The van der Waals surface area contributed by atoms with Crippen LogP contribution in [0.4, 0.5) is 0 Å². The molecule has 6 heteroatoms. The molecule has 1 amide bonds. The zero-order chi connectivity index (χ0) is 13.7. The molecule has 0 spiro atoms. The fraction of sp³-hybridized carbons (Fsp3) is 0.333. The van der Waals surface area contributed by atoms with Gasteiger partial charge >= 0.3 is 0 Å². The molecule has 1 atom stereocenters. The van der Waals surface area contributed by atoms with Gasteiger partial charge in [-0.2, -0.15) is 5.26 Å². The van der Waals surface area contributed by atoms with E-state index in [1.165, 1.54) is 0 Å². The van der Waals surface area contributed by atoms with Gasteiger partial charge in [0.1, 0.15) is 6.04 Å². The molecule has 18 heavy (non-hydrogen) atoms. The molecule has 1 aromatic rings. The normalized spacial score (nSPS) is 12.0. The van der Waals surface area contributed by atoms with Gasteiger partial charge in [-0.1, -0.05) is 35.3 Å². The SMILES string of the molecule is CN(C)CC(=O)NC(C#N)c1cccc(Cl)c1Cl. The highest BCUT2D eigenvalue weighted by Crippen LogP contribution is 2.29. The topological polar surface area (TPSA) is 56.1 Å². The Bertz CT molecular complexity index is 483. The van der Waals surface area contributed by atoms with Crippen LogP contribution in [-0.4, -0.2) is 31.4 Å². The zero-order valence-electron chi connectivity index (χ0n) is 10.1. The van der Waals surface area contributed by atoms with E-state index in [9.17, 15) is 4.79 Å². The van der Waals surface area contributed by atoms with Crippen molar-refractivity contribution in [3.8, 4) is 6.07 Å². The van der Waals surface area contributed by atoms with E-state index in [0.717, 1.165) is 0 Å². The summed E-state index contributed by atoms with van der Waals surface area (Å²) in [6.45, 7) is 0.205. The summed E-state index contributed by atoms with van der Waals surface area (Å²) in [5, 5.41) is 12.3. The Hall–Kier alpha value is -1.28. The molecule has 1 unspecified atom stereocenters. The highest BCUT2D eigenvalue weighted by atomic mass is 35.5.